The summed E-state index contributed by atoms with van der Waals surface area (Å²) in [5, 5.41) is 6.88. The lowest BCUT2D eigenvalue weighted by Gasteiger charge is -2.33. The number of ether oxygens (including phenoxy) is 1. The molecule has 0 atom stereocenters. The molecule has 8 nitrogen and oxygen atoms in total. The van der Waals surface area contributed by atoms with Gasteiger partial charge >= 0.3 is 0 Å². The molecule has 0 radical (unpaired) electrons. The number of unbranched alkanes of at least 4 members (excludes halogenated alkanes) is 1. The van der Waals surface area contributed by atoms with Crippen molar-refractivity contribution in [2.75, 3.05) is 46.4 Å². The van der Waals surface area contributed by atoms with Crippen LogP contribution in [-0.4, -0.2) is 86.1 Å². The van der Waals surface area contributed by atoms with Gasteiger partial charge in [-0.25, -0.2) is 0 Å². The Labute approximate surface area is 191 Å². The van der Waals surface area contributed by atoms with E-state index < -0.39 is 0 Å². The molecule has 8 heteroatoms. The van der Waals surface area contributed by atoms with Gasteiger partial charge in [-0.05, 0) is 51.7 Å². The predicted octanol–water partition coefficient (Wildman–Crippen LogP) is 2.12. The van der Waals surface area contributed by atoms with Crippen LogP contribution in [0.3, 0.4) is 0 Å². The van der Waals surface area contributed by atoms with Gasteiger partial charge in [0.25, 0.3) is 11.8 Å². The van der Waals surface area contributed by atoms with Crippen molar-refractivity contribution in [3.63, 3.8) is 0 Å². The molecule has 32 heavy (non-hydrogen) atoms. The molecular weight excluding hydrogens is 406 g/mol. The number of nitrogens with one attached hydrogen (secondary N) is 2. The van der Waals surface area contributed by atoms with E-state index in [-0.39, 0.29) is 17.9 Å². The van der Waals surface area contributed by atoms with Gasteiger partial charge in [0.2, 0.25) is 0 Å². The maximum atomic E-state index is 12.4. The first-order valence-corrected chi connectivity index (χ1v) is 11.8. The Balaban J connectivity index is 1.30. The molecule has 0 unspecified atom stereocenters. The third-order valence-corrected chi connectivity index (χ3v) is 5.99. The van der Waals surface area contributed by atoms with E-state index in [9.17, 15) is 9.59 Å². The maximum absolute atomic E-state index is 12.4. The number of likely N-dealkylation sites (tertiary alicyclic amines) is 1. The number of hydrogen-bond acceptors (Lipinski definition) is 5. The van der Waals surface area contributed by atoms with Crippen LogP contribution in [0.1, 0.15) is 60.2 Å². The van der Waals surface area contributed by atoms with Gasteiger partial charge in [-0.1, -0.05) is 12.1 Å². The van der Waals surface area contributed by atoms with E-state index in [0.717, 1.165) is 64.4 Å². The van der Waals surface area contributed by atoms with Crippen molar-refractivity contribution < 1.29 is 14.3 Å². The number of aliphatic imine (C=N–C) groups is 1. The second kappa shape index (κ2) is 12.0. The molecule has 0 saturated carbocycles. The molecule has 176 valence electrons. The first-order chi connectivity index (χ1) is 15.5. The highest BCUT2D eigenvalue weighted by Crippen LogP contribution is 2.22. The van der Waals surface area contributed by atoms with Crippen LogP contribution in [0.4, 0.5) is 0 Å². The van der Waals surface area contributed by atoms with E-state index in [0.29, 0.717) is 23.7 Å². The molecule has 2 amide bonds. The van der Waals surface area contributed by atoms with Gasteiger partial charge in [0.1, 0.15) is 0 Å². The summed E-state index contributed by atoms with van der Waals surface area (Å²) in [4.78, 5) is 33.0. The first-order valence-electron chi connectivity index (χ1n) is 11.8. The van der Waals surface area contributed by atoms with E-state index >= 15 is 0 Å². The van der Waals surface area contributed by atoms with Crippen molar-refractivity contribution in [3.8, 4) is 0 Å². The highest BCUT2D eigenvalue weighted by atomic mass is 16.5. The van der Waals surface area contributed by atoms with Gasteiger partial charge in [0.15, 0.2) is 5.96 Å². The Morgan fingerprint density at radius 1 is 1.09 bits per heavy atom. The first kappa shape index (κ1) is 24.2. The molecule has 1 saturated heterocycles. The molecule has 1 aromatic carbocycles. The molecule has 2 heterocycles. The average Bonchev–Trinajstić information content (AvgIpc) is 3.04. The highest BCUT2D eigenvalue weighted by Gasteiger charge is 2.34. The fraction of sp³-hybridized carbons (Fsp3) is 0.625. The van der Waals surface area contributed by atoms with Crippen LogP contribution >= 0.6 is 0 Å². The topological polar surface area (TPSA) is 86.3 Å². The van der Waals surface area contributed by atoms with Gasteiger partial charge in [-0.2, -0.15) is 0 Å². The number of rotatable bonds is 10. The molecular formula is C24H37N5O3. The van der Waals surface area contributed by atoms with Crippen molar-refractivity contribution in [2.45, 2.75) is 51.7 Å². The molecule has 0 spiro atoms. The predicted molar refractivity (Wildman–Crippen MR) is 126 cm³/mol. The number of amides is 2. The third kappa shape index (κ3) is 6.53. The number of hydrogen-bond donors (Lipinski definition) is 2. The monoisotopic (exact) mass is 443 g/mol. The minimum absolute atomic E-state index is 0.182. The molecule has 0 bridgehead atoms. The van der Waals surface area contributed by atoms with Crippen molar-refractivity contribution in [1.29, 1.82) is 0 Å². The molecule has 3 rings (SSSR count). The van der Waals surface area contributed by atoms with E-state index in [2.05, 4.69) is 34.4 Å². The summed E-state index contributed by atoms with van der Waals surface area (Å²) in [5.74, 6) is 0.448. The second-order valence-electron chi connectivity index (χ2n) is 8.69. The lowest BCUT2D eigenvalue weighted by atomic mass is 10.1. The Morgan fingerprint density at radius 3 is 2.34 bits per heavy atom. The number of imide groups is 1. The Hall–Kier alpha value is -2.45. The van der Waals surface area contributed by atoms with Gasteiger partial charge < -0.3 is 20.3 Å². The van der Waals surface area contributed by atoms with Gasteiger partial charge in [0.05, 0.1) is 23.8 Å². The van der Waals surface area contributed by atoms with Crippen LogP contribution in [0, 0.1) is 0 Å². The zero-order valence-electron chi connectivity index (χ0n) is 19.6. The van der Waals surface area contributed by atoms with E-state index in [4.69, 9.17) is 4.74 Å². The molecule has 2 aliphatic heterocycles. The minimum atomic E-state index is -0.182. The summed E-state index contributed by atoms with van der Waals surface area (Å²) in [6.45, 7) is 9.24. The lowest BCUT2D eigenvalue weighted by molar-refractivity contribution is 0.0532. The second-order valence-corrected chi connectivity index (χ2v) is 8.69. The molecule has 0 aliphatic carbocycles. The number of piperidine rings is 1. The Kier molecular flexibility index (Phi) is 9.05. The van der Waals surface area contributed by atoms with Crippen LogP contribution in [0.5, 0.6) is 0 Å². The van der Waals surface area contributed by atoms with Crippen molar-refractivity contribution in [1.82, 2.24) is 20.4 Å². The average molecular weight is 444 g/mol. The fourth-order valence-electron chi connectivity index (χ4n) is 4.15. The summed E-state index contributed by atoms with van der Waals surface area (Å²) in [7, 11) is 1.78. The quantitative estimate of drug-likeness (QED) is 0.249. The van der Waals surface area contributed by atoms with Crippen molar-refractivity contribution >= 4 is 17.8 Å². The zero-order valence-corrected chi connectivity index (χ0v) is 19.6. The van der Waals surface area contributed by atoms with Crippen LogP contribution in [-0.2, 0) is 4.74 Å². The normalized spacial score (nSPS) is 17.9. The number of benzene rings is 1. The molecule has 1 fully saturated rings. The van der Waals surface area contributed by atoms with Crippen molar-refractivity contribution in [2.24, 2.45) is 4.99 Å². The summed E-state index contributed by atoms with van der Waals surface area (Å²) >= 11 is 0. The molecule has 1 aromatic rings. The number of fused-ring (bicyclic) bond motifs is 1. The number of nitrogens with zero attached hydrogens (tertiary/aromatic N) is 3. The van der Waals surface area contributed by atoms with Gasteiger partial charge in [-0.3, -0.25) is 19.5 Å². The maximum Gasteiger partial charge on any atom is 0.261 e. The van der Waals surface area contributed by atoms with Crippen molar-refractivity contribution in [3.05, 3.63) is 35.4 Å². The van der Waals surface area contributed by atoms with Crippen LogP contribution in [0.2, 0.25) is 0 Å². The molecule has 2 N–H and O–H groups in total. The van der Waals surface area contributed by atoms with E-state index in [1.54, 1.807) is 31.3 Å². The molecule has 0 aromatic heterocycles. The van der Waals surface area contributed by atoms with Crippen LogP contribution < -0.4 is 10.6 Å². The Morgan fingerprint density at radius 2 is 1.75 bits per heavy atom. The standard InChI is InChI=1S/C24H37N5O3/c1-18(2)32-17-16-28-14-10-19(11-15-28)27-24(25-3)26-12-6-7-13-29-22(30)20-8-4-5-9-21(20)23(29)31/h4-5,8-9,18-19H,6-7,10-17H2,1-3H3,(H2,25,26,27). The summed E-state index contributed by atoms with van der Waals surface area (Å²) in [5.41, 5.74) is 1.03. The van der Waals surface area contributed by atoms with E-state index in [1.807, 2.05) is 0 Å². The minimum Gasteiger partial charge on any atom is -0.377 e. The Bertz CT molecular complexity index is 768. The van der Waals surface area contributed by atoms with E-state index in [1.165, 1.54) is 4.90 Å². The summed E-state index contributed by atoms with van der Waals surface area (Å²) in [6, 6.07) is 7.44. The highest BCUT2D eigenvalue weighted by molar-refractivity contribution is 6.21. The number of carbonyl (C=O) groups excluding carboxylic acids is 2. The summed E-state index contributed by atoms with van der Waals surface area (Å²) in [6.07, 6.45) is 4.06. The van der Waals surface area contributed by atoms with Gasteiger partial charge in [-0.15, -0.1) is 0 Å². The summed E-state index contributed by atoms with van der Waals surface area (Å²) < 4.78 is 5.65. The van der Waals surface area contributed by atoms with Crippen LogP contribution in [0.15, 0.2) is 29.3 Å². The zero-order chi connectivity index (χ0) is 22.9. The van der Waals surface area contributed by atoms with Gasteiger partial charge in [0, 0.05) is 45.8 Å². The third-order valence-electron chi connectivity index (χ3n) is 5.99. The van der Waals surface area contributed by atoms with Crippen LogP contribution in [0.25, 0.3) is 0 Å². The number of guanidine groups is 1. The molecule has 2 aliphatic rings. The number of carbonyl (C=O) groups is 2. The fourth-order valence-corrected chi connectivity index (χ4v) is 4.15. The smallest absolute Gasteiger partial charge is 0.261 e. The largest absolute Gasteiger partial charge is 0.377 e. The SMILES string of the molecule is CN=C(NCCCCN1C(=O)c2ccccc2C1=O)NC1CCN(CCOC(C)C)CC1. The lowest BCUT2D eigenvalue weighted by Crippen LogP contribution is -2.49.